The Morgan fingerprint density at radius 2 is 1.63 bits per heavy atom. The predicted octanol–water partition coefficient (Wildman–Crippen LogP) is 5.80. The van der Waals surface area contributed by atoms with Gasteiger partial charge in [-0.1, -0.05) is 17.7 Å². The molecule has 0 saturated carbocycles. The third kappa shape index (κ3) is 5.70. The third-order valence-corrected chi connectivity index (χ3v) is 4.03. The standard InChI is InChI=1S/C19H18Cl2FN5/c1-12(20)10-23-13-3-2-4-14(7-13)26-18-9-19(25-11-24-18)27-15-5-6-17(22)16(21)8-15/h2-9,11-12,23H,10H2,1H3,(H2,24,25,26,27). The van der Waals surface area contributed by atoms with E-state index in [0.29, 0.717) is 23.9 Å². The monoisotopic (exact) mass is 405 g/mol. The number of hydrogen-bond donors (Lipinski definition) is 3. The highest BCUT2D eigenvalue weighted by Gasteiger charge is 2.04. The zero-order chi connectivity index (χ0) is 19.2. The summed E-state index contributed by atoms with van der Waals surface area (Å²) in [6, 6.07) is 13.9. The molecule has 0 fully saturated rings. The number of nitrogens with one attached hydrogen (secondary N) is 3. The van der Waals surface area contributed by atoms with Crippen LogP contribution in [0, 0.1) is 5.82 Å². The molecule has 0 aliphatic carbocycles. The molecule has 1 heterocycles. The number of anilines is 5. The van der Waals surface area contributed by atoms with E-state index >= 15 is 0 Å². The summed E-state index contributed by atoms with van der Waals surface area (Å²) in [5, 5.41) is 9.65. The molecule has 0 amide bonds. The quantitative estimate of drug-likeness (QED) is 0.433. The maximum atomic E-state index is 13.3. The van der Waals surface area contributed by atoms with E-state index in [1.807, 2.05) is 31.2 Å². The highest BCUT2D eigenvalue weighted by atomic mass is 35.5. The zero-order valence-electron chi connectivity index (χ0n) is 14.5. The zero-order valence-corrected chi connectivity index (χ0v) is 16.0. The van der Waals surface area contributed by atoms with Crippen LogP contribution in [0.5, 0.6) is 0 Å². The molecule has 0 saturated heterocycles. The Bertz CT molecular complexity index is 920. The van der Waals surface area contributed by atoms with Gasteiger partial charge in [0.25, 0.3) is 0 Å². The van der Waals surface area contributed by atoms with Crippen LogP contribution in [0.4, 0.5) is 33.1 Å². The molecule has 2 aromatic carbocycles. The summed E-state index contributed by atoms with van der Waals surface area (Å²) >= 11 is 11.8. The van der Waals surface area contributed by atoms with Crippen LogP contribution in [0.3, 0.4) is 0 Å². The van der Waals surface area contributed by atoms with Crippen LogP contribution in [0.2, 0.25) is 5.02 Å². The fraction of sp³-hybridized carbons (Fsp3) is 0.158. The second-order valence-corrected chi connectivity index (χ2v) is 7.06. The smallest absolute Gasteiger partial charge is 0.141 e. The molecule has 1 atom stereocenters. The predicted molar refractivity (Wildman–Crippen MR) is 110 cm³/mol. The lowest BCUT2D eigenvalue weighted by atomic mass is 10.2. The molecule has 1 aromatic heterocycles. The molecular formula is C19H18Cl2FN5. The van der Waals surface area contributed by atoms with Gasteiger partial charge in [0.2, 0.25) is 0 Å². The van der Waals surface area contributed by atoms with E-state index in [0.717, 1.165) is 11.4 Å². The molecule has 0 aliphatic heterocycles. The number of benzene rings is 2. The number of rotatable bonds is 7. The minimum Gasteiger partial charge on any atom is -0.384 e. The summed E-state index contributed by atoms with van der Waals surface area (Å²) in [6.45, 7) is 2.60. The molecule has 8 heteroatoms. The third-order valence-electron chi connectivity index (χ3n) is 3.58. The van der Waals surface area contributed by atoms with Crippen LogP contribution in [0.25, 0.3) is 0 Å². The van der Waals surface area contributed by atoms with Crippen molar-refractivity contribution in [2.24, 2.45) is 0 Å². The molecule has 140 valence electrons. The molecule has 3 N–H and O–H groups in total. The first-order chi connectivity index (χ1) is 13.0. The Balaban J connectivity index is 1.70. The second-order valence-electron chi connectivity index (χ2n) is 5.91. The number of aromatic nitrogens is 2. The Morgan fingerprint density at radius 1 is 0.963 bits per heavy atom. The van der Waals surface area contributed by atoms with Crippen molar-refractivity contribution >= 4 is 51.9 Å². The molecule has 27 heavy (non-hydrogen) atoms. The topological polar surface area (TPSA) is 61.9 Å². The van der Waals surface area contributed by atoms with Crippen molar-refractivity contribution in [1.29, 1.82) is 0 Å². The lowest BCUT2D eigenvalue weighted by Gasteiger charge is -2.11. The van der Waals surface area contributed by atoms with Crippen LogP contribution in [0.1, 0.15) is 6.92 Å². The van der Waals surface area contributed by atoms with Gasteiger partial charge in [0.05, 0.1) is 5.02 Å². The van der Waals surface area contributed by atoms with Gasteiger partial charge in [-0.25, -0.2) is 14.4 Å². The van der Waals surface area contributed by atoms with E-state index < -0.39 is 5.82 Å². The molecule has 1 unspecified atom stereocenters. The molecule has 5 nitrogen and oxygen atoms in total. The second kappa shape index (κ2) is 8.88. The minimum atomic E-state index is -0.468. The SMILES string of the molecule is CC(Cl)CNc1cccc(Nc2cc(Nc3ccc(F)c(Cl)c3)ncn2)c1. The van der Waals surface area contributed by atoms with E-state index in [9.17, 15) is 4.39 Å². The lowest BCUT2D eigenvalue weighted by molar-refractivity contribution is 0.628. The summed E-state index contributed by atoms with van der Waals surface area (Å²) in [6.07, 6.45) is 1.44. The first-order valence-electron chi connectivity index (χ1n) is 8.29. The molecule has 3 aromatic rings. The van der Waals surface area contributed by atoms with Gasteiger partial charge in [-0.2, -0.15) is 0 Å². The van der Waals surface area contributed by atoms with Crippen LogP contribution in [-0.2, 0) is 0 Å². The lowest BCUT2D eigenvalue weighted by Crippen LogP contribution is -2.10. The molecule has 0 bridgehead atoms. The highest BCUT2D eigenvalue weighted by Crippen LogP contribution is 2.24. The van der Waals surface area contributed by atoms with E-state index in [2.05, 4.69) is 25.9 Å². The average Bonchev–Trinajstić information content (AvgIpc) is 2.64. The molecule has 0 radical (unpaired) electrons. The van der Waals surface area contributed by atoms with Gasteiger partial charge in [0.15, 0.2) is 0 Å². The van der Waals surface area contributed by atoms with Gasteiger partial charge in [0.1, 0.15) is 23.8 Å². The normalized spacial score (nSPS) is 11.7. The summed E-state index contributed by atoms with van der Waals surface area (Å²) in [4.78, 5) is 8.39. The van der Waals surface area contributed by atoms with Gasteiger partial charge >= 0.3 is 0 Å². The van der Waals surface area contributed by atoms with Crippen LogP contribution < -0.4 is 16.0 Å². The molecule has 3 rings (SSSR count). The van der Waals surface area contributed by atoms with E-state index in [4.69, 9.17) is 23.2 Å². The Labute approximate surface area is 167 Å². The van der Waals surface area contributed by atoms with Gasteiger partial charge in [-0.3, -0.25) is 0 Å². The van der Waals surface area contributed by atoms with Crippen LogP contribution in [-0.4, -0.2) is 21.9 Å². The van der Waals surface area contributed by atoms with Crippen LogP contribution >= 0.6 is 23.2 Å². The number of alkyl halides is 1. The first kappa shape index (κ1) is 19.2. The van der Waals surface area contributed by atoms with Crippen molar-refractivity contribution in [2.75, 3.05) is 22.5 Å². The number of halogens is 3. The van der Waals surface area contributed by atoms with Crippen molar-refractivity contribution in [3.8, 4) is 0 Å². The Hall–Kier alpha value is -2.57. The van der Waals surface area contributed by atoms with Gasteiger partial charge in [-0.15, -0.1) is 11.6 Å². The van der Waals surface area contributed by atoms with E-state index in [-0.39, 0.29) is 10.4 Å². The molecular weight excluding hydrogens is 388 g/mol. The number of nitrogens with zero attached hydrogens (tertiary/aromatic N) is 2. The summed E-state index contributed by atoms with van der Waals surface area (Å²) in [5.41, 5.74) is 2.46. The van der Waals surface area contributed by atoms with Crippen molar-refractivity contribution in [1.82, 2.24) is 9.97 Å². The maximum absolute atomic E-state index is 13.3. The van der Waals surface area contributed by atoms with Crippen molar-refractivity contribution in [2.45, 2.75) is 12.3 Å². The fourth-order valence-corrected chi connectivity index (χ4v) is 2.59. The van der Waals surface area contributed by atoms with E-state index in [1.165, 1.54) is 18.5 Å². The average molecular weight is 406 g/mol. The van der Waals surface area contributed by atoms with Gasteiger partial charge in [-0.05, 0) is 43.3 Å². The summed E-state index contributed by atoms with van der Waals surface area (Å²) in [7, 11) is 0. The summed E-state index contributed by atoms with van der Waals surface area (Å²) in [5.74, 6) is 0.702. The van der Waals surface area contributed by atoms with E-state index in [1.54, 1.807) is 12.1 Å². The van der Waals surface area contributed by atoms with Crippen molar-refractivity contribution in [3.05, 3.63) is 65.7 Å². The van der Waals surface area contributed by atoms with Gasteiger partial charge < -0.3 is 16.0 Å². The van der Waals surface area contributed by atoms with Crippen molar-refractivity contribution in [3.63, 3.8) is 0 Å². The van der Waals surface area contributed by atoms with Gasteiger partial charge in [0, 0.05) is 35.1 Å². The largest absolute Gasteiger partial charge is 0.384 e. The van der Waals surface area contributed by atoms with Crippen molar-refractivity contribution < 1.29 is 4.39 Å². The Morgan fingerprint density at radius 3 is 2.30 bits per heavy atom. The number of hydrogen-bond acceptors (Lipinski definition) is 5. The fourth-order valence-electron chi connectivity index (χ4n) is 2.33. The highest BCUT2D eigenvalue weighted by molar-refractivity contribution is 6.31. The first-order valence-corrected chi connectivity index (χ1v) is 9.10. The molecule has 0 aliphatic rings. The minimum absolute atomic E-state index is 0.0390. The Kier molecular flexibility index (Phi) is 6.32. The maximum Gasteiger partial charge on any atom is 0.141 e. The summed E-state index contributed by atoms with van der Waals surface area (Å²) < 4.78 is 13.3. The van der Waals surface area contributed by atoms with Crippen LogP contribution in [0.15, 0.2) is 54.9 Å². The molecule has 0 spiro atoms.